The van der Waals surface area contributed by atoms with Crippen molar-refractivity contribution < 1.29 is 4.79 Å². The van der Waals surface area contributed by atoms with E-state index in [1.54, 1.807) is 24.3 Å². The van der Waals surface area contributed by atoms with Gasteiger partial charge in [0.1, 0.15) is 0 Å². The monoisotopic (exact) mass is 255 g/mol. The van der Waals surface area contributed by atoms with Crippen LogP contribution in [0.25, 0.3) is 5.52 Å². The van der Waals surface area contributed by atoms with Crippen molar-refractivity contribution in [2.45, 2.75) is 0 Å². The average Bonchev–Trinajstić information content (AvgIpc) is 2.82. The highest BCUT2D eigenvalue weighted by Crippen LogP contribution is 2.18. The van der Waals surface area contributed by atoms with Crippen molar-refractivity contribution in [3.8, 4) is 0 Å². The first-order valence-corrected chi connectivity index (χ1v) is 5.99. The van der Waals surface area contributed by atoms with Crippen LogP contribution in [0.3, 0.4) is 0 Å². The second kappa shape index (κ2) is 4.31. The van der Waals surface area contributed by atoms with E-state index < -0.39 is 0 Å². The van der Waals surface area contributed by atoms with E-state index >= 15 is 0 Å². The fourth-order valence-corrected chi connectivity index (χ4v) is 2.13. The Morgan fingerprint density at radius 1 is 0.944 bits per heavy atom. The molecule has 18 heavy (non-hydrogen) atoms. The van der Waals surface area contributed by atoms with Crippen molar-refractivity contribution in [2.24, 2.45) is 0 Å². The van der Waals surface area contributed by atoms with E-state index in [1.807, 2.05) is 41.1 Å². The van der Waals surface area contributed by atoms with Gasteiger partial charge in [0.2, 0.25) is 0 Å². The molecule has 0 unspecified atom stereocenters. The van der Waals surface area contributed by atoms with E-state index in [4.69, 9.17) is 11.6 Å². The third kappa shape index (κ3) is 1.81. The number of nitrogens with zero attached hydrogens (tertiary/aromatic N) is 1. The Kier molecular flexibility index (Phi) is 2.65. The summed E-state index contributed by atoms with van der Waals surface area (Å²) in [6.07, 6.45) is 3.81. The van der Waals surface area contributed by atoms with Crippen molar-refractivity contribution in [3.05, 3.63) is 77.1 Å². The summed E-state index contributed by atoms with van der Waals surface area (Å²) in [5.41, 5.74) is 2.27. The maximum atomic E-state index is 12.4. The van der Waals surface area contributed by atoms with Crippen LogP contribution in [-0.4, -0.2) is 10.2 Å². The molecule has 0 radical (unpaired) electrons. The van der Waals surface area contributed by atoms with Crippen LogP contribution >= 0.6 is 11.6 Å². The van der Waals surface area contributed by atoms with Gasteiger partial charge in [0, 0.05) is 28.5 Å². The molecule has 0 aliphatic carbocycles. The highest BCUT2D eigenvalue weighted by atomic mass is 35.5. The van der Waals surface area contributed by atoms with Crippen LogP contribution in [0.1, 0.15) is 15.9 Å². The Balaban J connectivity index is 2.09. The van der Waals surface area contributed by atoms with Crippen LogP contribution in [0, 0.1) is 0 Å². The van der Waals surface area contributed by atoms with Gasteiger partial charge in [0.15, 0.2) is 5.78 Å². The lowest BCUT2D eigenvalue weighted by Gasteiger charge is -2.00. The Labute approximate surface area is 109 Å². The van der Waals surface area contributed by atoms with Crippen LogP contribution in [0.5, 0.6) is 0 Å². The van der Waals surface area contributed by atoms with Gasteiger partial charge < -0.3 is 4.40 Å². The summed E-state index contributed by atoms with van der Waals surface area (Å²) in [5.74, 6) is 0.0142. The minimum atomic E-state index is 0.0142. The van der Waals surface area contributed by atoms with Crippen LogP contribution in [0.2, 0.25) is 5.02 Å². The van der Waals surface area contributed by atoms with E-state index in [2.05, 4.69) is 0 Å². The number of ketones is 1. The topological polar surface area (TPSA) is 21.5 Å². The first kappa shape index (κ1) is 11.1. The predicted octanol–water partition coefficient (Wildman–Crippen LogP) is 3.82. The number of carbonyl (C=O) groups is 1. The van der Waals surface area contributed by atoms with E-state index in [1.165, 1.54) is 0 Å². The minimum Gasteiger partial charge on any atom is -0.323 e. The standard InChI is InChI=1S/C15H10ClNO/c16-12-6-4-11(5-7-12)15(18)13-8-10-17-9-2-1-3-14(13)17/h1-10H. The Bertz CT molecular complexity index is 713. The van der Waals surface area contributed by atoms with Crippen LogP contribution in [-0.2, 0) is 0 Å². The van der Waals surface area contributed by atoms with Crippen molar-refractivity contribution in [3.63, 3.8) is 0 Å². The van der Waals surface area contributed by atoms with Gasteiger partial charge in [-0.05, 0) is 42.5 Å². The molecule has 0 amide bonds. The normalized spacial score (nSPS) is 10.7. The van der Waals surface area contributed by atoms with Gasteiger partial charge in [-0.25, -0.2) is 0 Å². The Morgan fingerprint density at radius 2 is 1.72 bits per heavy atom. The molecule has 3 heteroatoms. The number of aromatic nitrogens is 1. The largest absolute Gasteiger partial charge is 0.323 e. The fraction of sp³-hybridized carbons (Fsp3) is 0. The quantitative estimate of drug-likeness (QED) is 0.638. The van der Waals surface area contributed by atoms with Gasteiger partial charge in [-0.1, -0.05) is 17.7 Å². The molecule has 3 rings (SSSR count). The summed E-state index contributed by atoms with van der Waals surface area (Å²) in [7, 11) is 0. The zero-order valence-electron chi connectivity index (χ0n) is 9.51. The molecule has 88 valence electrons. The molecule has 2 aromatic heterocycles. The lowest BCUT2D eigenvalue weighted by Crippen LogP contribution is -2.00. The van der Waals surface area contributed by atoms with E-state index in [9.17, 15) is 4.79 Å². The smallest absolute Gasteiger partial charge is 0.195 e. The summed E-state index contributed by atoms with van der Waals surface area (Å²) in [5, 5.41) is 0.633. The summed E-state index contributed by atoms with van der Waals surface area (Å²) < 4.78 is 1.93. The van der Waals surface area contributed by atoms with Crippen LogP contribution in [0.15, 0.2) is 60.9 Å². The van der Waals surface area contributed by atoms with Crippen molar-refractivity contribution in [2.75, 3.05) is 0 Å². The highest BCUT2D eigenvalue weighted by Gasteiger charge is 2.12. The molecule has 2 nitrogen and oxygen atoms in total. The highest BCUT2D eigenvalue weighted by molar-refractivity contribution is 6.30. The zero-order valence-corrected chi connectivity index (χ0v) is 10.3. The van der Waals surface area contributed by atoms with E-state index in [0.29, 0.717) is 16.1 Å². The fourth-order valence-electron chi connectivity index (χ4n) is 2.00. The number of hydrogen-bond donors (Lipinski definition) is 0. The lowest BCUT2D eigenvalue weighted by atomic mass is 10.0. The molecule has 1 aromatic carbocycles. The molecule has 0 aliphatic heterocycles. The first-order valence-electron chi connectivity index (χ1n) is 5.62. The van der Waals surface area contributed by atoms with Gasteiger partial charge in [0.05, 0.1) is 5.52 Å². The maximum absolute atomic E-state index is 12.4. The van der Waals surface area contributed by atoms with Gasteiger partial charge >= 0.3 is 0 Å². The second-order valence-corrected chi connectivity index (χ2v) is 4.50. The molecule has 0 bridgehead atoms. The molecule has 2 heterocycles. The minimum absolute atomic E-state index is 0.0142. The van der Waals surface area contributed by atoms with E-state index in [0.717, 1.165) is 5.52 Å². The first-order chi connectivity index (χ1) is 8.75. The molecule has 0 spiro atoms. The lowest BCUT2D eigenvalue weighted by molar-refractivity contribution is 0.104. The summed E-state index contributed by atoms with van der Waals surface area (Å²) in [4.78, 5) is 12.4. The third-order valence-corrected chi connectivity index (χ3v) is 3.17. The average molecular weight is 256 g/mol. The molecule has 3 aromatic rings. The van der Waals surface area contributed by atoms with Crippen LogP contribution < -0.4 is 0 Å². The number of fused-ring (bicyclic) bond motifs is 1. The number of pyridine rings is 1. The summed E-state index contributed by atoms with van der Waals surface area (Å²) >= 11 is 5.82. The molecule has 0 saturated heterocycles. The number of benzene rings is 1. The third-order valence-electron chi connectivity index (χ3n) is 2.92. The van der Waals surface area contributed by atoms with Crippen molar-refractivity contribution in [1.29, 1.82) is 0 Å². The number of hydrogen-bond acceptors (Lipinski definition) is 1. The second-order valence-electron chi connectivity index (χ2n) is 4.06. The molecule has 0 aliphatic rings. The molecule has 0 fully saturated rings. The van der Waals surface area contributed by atoms with Gasteiger partial charge in [-0.15, -0.1) is 0 Å². The summed E-state index contributed by atoms with van der Waals surface area (Å²) in [6, 6.07) is 14.6. The molecule has 0 saturated carbocycles. The van der Waals surface area contributed by atoms with Gasteiger partial charge in [-0.3, -0.25) is 4.79 Å². The maximum Gasteiger partial charge on any atom is 0.195 e. The van der Waals surface area contributed by atoms with Gasteiger partial charge in [-0.2, -0.15) is 0 Å². The Hall–Kier alpha value is -2.06. The van der Waals surface area contributed by atoms with E-state index in [-0.39, 0.29) is 5.78 Å². The molecular formula is C15H10ClNO. The number of carbonyl (C=O) groups excluding carboxylic acids is 1. The van der Waals surface area contributed by atoms with Crippen molar-refractivity contribution in [1.82, 2.24) is 4.40 Å². The van der Waals surface area contributed by atoms with Crippen LogP contribution in [0.4, 0.5) is 0 Å². The van der Waals surface area contributed by atoms with Crippen molar-refractivity contribution >= 4 is 22.9 Å². The van der Waals surface area contributed by atoms with Gasteiger partial charge in [0.25, 0.3) is 0 Å². The number of halogens is 1. The zero-order chi connectivity index (χ0) is 12.5. The molecule has 0 N–H and O–H groups in total. The summed E-state index contributed by atoms with van der Waals surface area (Å²) in [6.45, 7) is 0. The predicted molar refractivity (Wildman–Crippen MR) is 72.3 cm³/mol. The Morgan fingerprint density at radius 3 is 2.50 bits per heavy atom. The molecular weight excluding hydrogens is 246 g/mol. The molecule has 0 atom stereocenters. The number of rotatable bonds is 2. The SMILES string of the molecule is O=C(c1ccc(Cl)cc1)c1ccn2ccccc12.